The number of hydrogen-bond donors (Lipinski definition) is 1. The molecule has 2 aliphatic rings. The zero-order chi connectivity index (χ0) is 13.2. The second-order valence-electron chi connectivity index (χ2n) is 6.72. The van der Waals surface area contributed by atoms with Crippen LogP contribution in [0.3, 0.4) is 0 Å². The summed E-state index contributed by atoms with van der Waals surface area (Å²) < 4.78 is 5.52. The van der Waals surface area contributed by atoms with E-state index in [4.69, 9.17) is 10.5 Å². The minimum absolute atomic E-state index is 0.139. The van der Waals surface area contributed by atoms with Crippen LogP contribution in [0.4, 0.5) is 0 Å². The Morgan fingerprint density at radius 2 is 2.06 bits per heavy atom. The molecule has 0 aromatic carbocycles. The van der Waals surface area contributed by atoms with Crippen molar-refractivity contribution in [3.05, 3.63) is 0 Å². The van der Waals surface area contributed by atoms with Crippen molar-refractivity contribution in [1.29, 1.82) is 0 Å². The lowest BCUT2D eigenvalue weighted by atomic mass is 9.85. The molecule has 18 heavy (non-hydrogen) atoms. The van der Waals surface area contributed by atoms with Crippen molar-refractivity contribution in [3.63, 3.8) is 0 Å². The Balaban J connectivity index is 1.76. The number of nitrogens with zero attached hydrogens (tertiary/aromatic N) is 2. The molecule has 2 unspecified atom stereocenters. The Morgan fingerprint density at radius 3 is 2.61 bits per heavy atom. The average Bonchev–Trinajstić information content (AvgIpc) is 2.62. The third-order valence-corrected chi connectivity index (χ3v) is 4.66. The van der Waals surface area contributed by atoms with E-state index < -0.39 is 0 Å². The summed E-state index contributed by atoms with van der Waals surface area (Å²) in [6.07, 6.45) is 2.67. The van der Waals surface area contributed by atoms with Crippen LogP contribution < -0.4 is 5.73 Å². The highest BCUT2D eigenvalue weighted by molar-refractivity contribution is 4.92. The molecule has 2 heterocycles. The summed E-state index contributed by atoms with van der Waals surface area (Å²) in [5.41, 5.74) is 6.29. The molecule has 0 aromatic heterocycles. The Morgan fingerprint density at radius 1 is 1.39 bits per heavy atom. The molecule has 2 fully saturated rings. The summed E-state index contributed by atoms with van der Waals surface area (Å²) in [4.78, 5) is 4.89. The summed E-state index contributed by atoms with van der Waals surface area (Å²) in [7, 11) is 4.45. The molecule has 4 heteroatoms. The molecule has 0 bridgehead atoms. The molecule has 2 atom stereocenters. The van der Waals surface area contributed by atoms with E-state index in [1.54, 1.807) is 0 Å². The minimum Gasteiger partial charge on any atom is -0.379 e. The molecule has 0 aliphatic carbocycles. The van der Waals surface area contributed by atoms with Gasteiger partial charge in [0, 0.05) is 24.5 Å². The summed E-state index contributed by atoms with van der Waals surface area (Å²) in [6, 6.07) is 0.192. The number of piperidine rings is 1. The zero-order valence-electron chi connectivity index (χ0n) is 12.2. The van der Waals surface area contributed by atoms with Gasteiger partial charge in [-0.2, -0.15) is 0 Å². The van der Waals surface area contributed by atoms with E-state index in [1.807, 2.05) is 0 Å². The van der Waals surface area contributed by atoms with Gasteiger partial charge in [-0.1, -0.05) is 6.92 Å². The molecular weight excluding hydrogens is 226 g/mol. The fraction of sp³-hybridized carbons (Fsp3) is 1.00. The quantitative estimate of drug-likeness (QED) is 0.800. The summed E-state index contributed by atoms with van der Waals surface area (Å²) >= 11 is 0. The van der Waals surface area contributed by atoms with E-state index in [1.165, 1.54) is 32.5 Å². The van der Waals surface area contributed by atoms with Crippen molar-refractivity contribution in [2.75, 3.05) is 53.5 Å². The number of ether oxygens (including phenoxy) is 1. The van der Waals surface area contributed by atoms with Crippen molar-refractivity contribution in [1.82, 2.24) is 9.80 Å². The lowest BCUT2D eigenvalue weighted by Crippen LogP contribution is -2.47. The average molecular weight is 255 g/mol. The van der Waals surface area contributed by atoms with E-state index in [0.29, 0.717) is 0 Å². The lowest BCUT2D eigenvalue weighted by molar-refractivity contribution is 0.111. The smallest absolute Gasteiger partial charge is 0.0624 e. The van der Waals surface area contributed by atoms with Crippen molar-refractivity contribution in [2.45, 2.75) is 25.8 Å². The molecule has 0 amide bonds. The molecule has 0 spiro atoms. The third-order valence-electron chi connectivity index (χ3n) is 4.66. The van der Waals surface area contributed by atoms with Crippen LogP contribution in [-0.2, 0) is 4.74 Å². The first-order valence-corrected chi connectivity index (χ1v) is 7.20. The maximum absolute atomic E-state index is 6.15. The van der Waals surface area contributed by atoms with Crippen LogP contribution >= 0.6 is 0 Å². The van der Waals surface area contributed by atoms with E-state index >= 15 is 0 Å². The van der Waals surface area contributed by atoms with Crippen LogP contribution in [-0.4, -0.2) is 69.3 Å². The Bertz CT molecular complexity index is 266. The highest BCUT2D eigenvalue weighted by Gasteiger charge is 2.38. The lowest BCUT2D eigenvalue weighted by Gasteiger charge is -2.36. The van der Waals surface area contributed by atoms with Gasteiger partial charge in [0.15, 0.2) is 0 Å². The van der Waals surface area contributed by atoms with Gasteiger partial charge in [-0.05, 0) is 45.9 Å². The Kier molecular flexibility index (Phi) is 4.64. The van der Waals surface area contributed by atoms with Crippen molar-refractivity contribution >= 4 is 0 Å². The summed E-state index contributed by atoms with van der Waals surface area (Å²) in [6.45, 7) is 8.55. The highest BCUT2D eigenvalue weighted by atomic mass is 16.5. The standard InChI is InChI=1S/C14H29N3O/c1-14(11-18-9-13(14)15)10-17(3)8-12-4-6-16(2)7-5-12/h12-13H,4-11,15H2,1-3H3. The molecule has 2 rings (SSSR count). The number of hydrogen-bond acceptors (Lipinski definition) is 4. The summed E-state index contributed by atoms with van der Waals surface area (Å²) in [5, 5.41) is 0. The molecule has 0 aromatic rings. The number of likely N-dealkylation sites (tertiary alicyclic amines) is 1. The number of rotatable bonds is 4. The fourth-order valence-electron chi connectivity index (χ4n) is 3.26. The van der Waals surface area contributed by atoms with Crippen LogP contribution in [0.15, 0.2) is 0 Å². The van der Waals surface area contributed by atoms with Crippen LogP contribution in [0, 0.1) is 11.3 Å². The predicted octanol–water partition coefficient (Wildman–Crippen LogP) is 0.624. The van der Waals surface area contributed by atoms with Gasteiger partial charge in [0.25, 0.3) is 0 Å². The van der Waals surface area contributed by atoms with Gasteiger partial charge < -0.3 is 20.3 Å². The molecule has 2 aliphatic heterocycles. The van der Waals surface area contributed by atoms with Gasteiger partial charge in [-0.15, -0.1) is 0 Å². The van der Waals surface area contributed by atoms with E-state index in [2.05, 4.69) is 30.8 Å². The fourth-order valence-corrected chi connectivity index (χ4v) is 3.26. The number of nitrogens with two attached hydrogens (primary N) is 1. The molecule has 106 valence electrons. The first kappa shape index (κ1) is 14.3. The maximum Gasteiger partial charge on any atom is 0.0624 e. The first-order chi connectivity index (χ1) is 8.49. The maximum atomic E-state index is 6.15. The van der Waals surface area contributed by atoms with E-state index in [-0.39, 0.29) is 11.5 Å². The van der Waals surface area contributed by atoms with Gasteiger partial charge in [0.1, 0.15) is 0 Å². The normalized spacial score (nSPS) is 35.5. The van der Waals surface area contributed by atoms with Gasteiger partial charge in [0.2, 0.25) is 0 Å². The van der Waals surface area contributed by atoms with Gasteiger partial charge in [-0.25, -0.2) is 0 Å². The minimum atomic E-state index is 0.139. The van der Waals surface area contributed by atoms with Gasteiger partial charge in [0.05, 0.1) is 13.2 Å². The van der Waals surface area contributed by atoms with Crippen LogP contribution in [0.1, 0.15) is 19.8 Å². The van der Waals surface area contributed by atoms with Crippen molar-refractivity contribution < 1.29 is 4.74 Å². The van der Waals surface area contributed by atoms with Crippen LogP contribution in [0.5, 0.6) is 0 Å². The van der Waals surface area contributed by atoms with Crippen LogP contribution in [0.2, 0.25) is 0 Å². The second-order valence-corrected chi connectivity index (χ2v) is 6.72. The third kappa shape index (κ3) is 3.44. The van der Waals surface area contributed by atoms with Gasteiger partial charge in [-0.3, -0.25) is 0 Å². The van der Waals surface area contributed by atoms with Crippen molar-refractivity contribution in [3.8, 4) is 0 Å². The predicted molar refractivity (Wildman–Crippen MR) is 74.6 cm³/mol. The highest BCUT2D eigenvalue weighted by Crippen LogP contribution is 2.28. The molecule has 4 nitrogen and oxygen atoms in total. The first-order valence-electron chi connectivity index (χ1n) is 7.20. The molecule has 2 saturated heterocycles. The van der Waals surface area contributed by atoms with E-state index in [0.717, 1.165) is 25.7 Å². The Hall–Kier alpha value is -0.160. The van der Waals surface area contributed by atoms with Crippen LogP contribution in [0.25, 0.3) is 0 Å². The van der Waals surface area contributed by atoms with E-state index in [9.17, 15) is 0 Å². The monoisotopic (exact) mass is 255 g/mol. The molecule has 2 N–H and O–H groups in total. The molecule has 0 radical (unpaired) electrons. The molecular formula is C14H29N3O. The zero-order valence-corrected chi connectivity index (χ0v) is 12.2. The SMILES string of the molecule is CN1CCC(CN(C)CC2(C)COCC2N)CC1. The largest absolute Gasteiger partial charge is 0.379 e. The van der Waals surface area contributed by atoms with Gasteiger partial charge >= 0.3 is 0 Å². The second kappa shape index (κ2) is 5.87. The van der Waals surface area contributed by atoms with Crippen molar-refractivity contribution in [2.24, 2.45) is 17.1 Å². The topological polar surface area (TPSA) is 41.7 Å². The molecule has 0 saturated carbocycles. The summed E-state index contributed by atoms with van der Waals surface area (Å²) in [5.74, 6) is 0.855. The Labute approximate surface area is 111 Å².